The van der Waals surface area contributed by atoms with E-state index in [4.69, 9.17) is 4.74 Å². The van der Waals surface area contributed by atoms with Gasteiger partial charge in [-0.3, -0.25) is 9.80 Å². The Hall–Kier alpha value is -1.93. The van der Waals surface area contributed by atoms with E-state index in [9.17, 15) is 4.79 Å². The molecule has 1 aliphatic carbocycles. The van der Waals surface area contributed by atoms with E-state index in [1.807, 2.05) is 31.9 Å². The molecule has 1 saturated carbocycles. The first-order valence-corrected chi connectivity index (χ1v) is 10.7. The molecule has 28 heavy (non-hydrogen) atoms. The molecule has 3 fully saturated rings. The topological polar surface area (TPSA) is 44.8 Å². The van der Waals surface area contributed by atoms with Gasteiger partial charge in [0.25, 0.3) is 0 Å². The minimum Gasteiger partial charge on any atom is -0.444 e. The predicted octanol–water partition coefficient (Wildman–Crippen LogP) is 3.49. The van der Waals surface area contributed by atoms with Crippen LogP contribution in [0, 0.1) is 23.7 Å². The second-order valence-corrected chi connectivity index (χ2v) is 9.73. The lowest BCUT2D eigenvalue weighted by molar-refractivity contribution is -0.00923. The lowest BCUT2D eigenvalue weighted by Gasteiger charge is -2.44. The van der Waals surface area contributed by atoms with Crippen LogP contribution >= 0.6 is 0 Å². The number of rotatable bonds is 1. The van der Waals surface area contributed by atoms with Crippen LogP contribution in [0.25, 0.3) is 0 Å². The molecule has 4 aliphatic rings. The number of hydrogen-bond acceptors (Lipinski definition) is 4. The summed E-state index contributed by atoms with van der Waals surface area (Å²) in [7, 11) is 0. The van der Waals surface area contributed by atoms with Gasteiger partial charge in [0.1, 0.15) is 5.60 Å². The monoisotopic (exact) mass is 383 g/mol. The smallest absolute Gasteiger partial charge is 0.410 e. The van der Waals surface area contributed by atoms with E-state index in [1.54, 1.807) is 0 Å². The summed E-state index contributed by atoms with van der Waals surface area (Å²) >= 11 is 0. The predicted molar refractivity (Wildman–Crippen MR) is 110 cm³/mol. The Balaban J connectivity index is 1.33. The number of nitrogens with zero attached hydrogens (tertiary/aromatic N) is 2. The summed E-state index contributed by atoms with van der Waals surface area (Å²) in [6.07, 6.45) is 11.1. The number of dihydropyridines is 1. The summed E-state index contributed by atoms with van der Waals surface area (Å²) in [4.78, 5) is 17.0. The first-order chi connectivity index (χ1) is 13.3. The fraction of sp³-hybridized carbons (Fsp3) is 0.696. The number of likely N-dealkylation sites (tertiary alicyclic amines) is 1. The summed E-state index contributed by atoms with van der Waals surface area (Å²) in [6.45, 7) is 9.83. The molecule has 3 heterocycles. The van der Waals surface area contributed by atoms with Crippen LogP contribution in [-0.4, -0.2) is 52.8 Å². The summed E-state index contributed by atoms with van der Waals surface area (Å²) in [6, 6.07) is 0.489. The van der Waals surface area contributed by atoms with Gasteiger partial charge in [0.05, 0.1) is 6.17 Å². The first kappa shape index (κ1) is 19.4. The van der Waals surface area contributed by atoms with Crippen molar-refractivity contribution >= 4 is 6.09 Å². The Kier molecular flexibility index (Phi) is 5.18. The Bertz CT molecular complexity index is 725. The largest absolute Gasteiger partial charge is 0.444 e. The Labute approximate surface area is 169 Å². The number of hydrogen-bond donors (Lipinski definition) is 1. The van der Waals surface area contributed by atoms with Gasteiger partial charge in [-0.15, -0.1) is 0 Å². The van der Waals surface area contributed by atoms with Crippen LogP contribution in [0.5, 0.6) is 0 Å². The minimum atomic E-state index is -0.444. The van der Waals surface area contributed by atoms with Gasteiger partial charge in [-0.2, -0.15) is 0 Å². The van der Waals surface area contributed by atoms with E-state index in [2.05, 4.69) is 41.1 Å². The lowest BCUT2D eigenvalue weighted by Crippen LogP contribution is -2.60. The molecular formula is C23H33N3O2. The average molecular weight is 384 g/mol. The van der Waals surface area contributed by atoms with Crippen LogP contribution in [0.15, 0.2) is 23.9 Å². The molecule has 0 aromatic carbocycles. The summed E-state index contributed by atoms with van der Waals surface area (Å²) in [5.41, 5.74) is 0.617. The lowest BCUT2D eigenvalue weighted by atomic mass is 9.75. The molecule has 0 spiro atoms. The highest BCUT2D eigenvalue weighted by atomic mass is 16.6. The van der Waals surface area contributed by atoms with Crippen molar-refractivity contribution in [3.63, 3.8) is 0 Å². The third kappa shape index (κ3) is 4.07. The van der Waals surface area contributed by atoms with Crippen molar-refractivity contribution in [2.24, 2.45) is 11.8 Å². The highest BCUT2D eigenvalue weighted by Gasteiger charge is 2.45. The number of fused-ring (bicyclic) bond motifs is 2. The second-order valence-electron chi connectivity index (χ2n) is 9.73. The van der Waals surface area contributed by atoms with Gasteiger partial charge in [-0.05, 0) is 64.5 Å². The molecular weight excluding hydrogens is 350 g/mol. The maximum atomic E-state index is 12.6. The van der Waals surface area contributed by atoms with Crippen LogP contribution in [0.3, 0.4) is 0 Å². The van der Waals surface area contributed by atoms with Gasteiger partial charge in [-0.25, -0.2) is 4.79 Å². The van der Waals surface area contributed by atoms with Crippen LogP contribution < -0.4 is 5.32 Å². The number of nitrogens with one attached hydrogen (secondary N) is 1. The second kappa shape index (κ2) is 7.48. The molecule has 2 saturated heterocycles. The van der Waals surface area contributed by atoms with E-state index in [-0.39, 0.29) is 24.3 Å². The van der Waals surface area contributed by atoms with Crippen LogP contribution in [0.2, 0.25) is 0 Å². The van der Waals surface area contributed by atoms with Crippen LogP contribution in [0.4, 0.5) is 4.79 Å². The molecule has 1 N–H and O–H groups in total. The van der Waals surface area contributed by atoms with E-state index in [0.29, 0.717) is 5.92 Å². The molecule has 2 bridgehead atoms. The van der Waals surface area contributed by atoms with E-state index in [1.165, 1.54) is 12.8 Å². The van der Waals surface area contributed by atoms with Gasteiger partial charge in [-0.1, -0.05) is 18.8 Å². The highest BCUT2D eigenvalue weighted by molar-refractivity contribution is 5.69. The molecule has 5 nitrogen and oxygen atoms in total. The molecule has 0 radical (unpaired) electrons. The number of piperazine rings is 1. The van der Waals surface area contributed by atoms with Crippen LogP contribution in [0.1, 0.15) is 53.4 Å². The maximum Gasteiger partial charge on any atom is 0.410 e. The first-order valence-electron chi connectivity index (χ1n) is 10.7. The van der Waals surface area contributed by atoms with E-state index in [0.717, 1.165) is 37.4 Å². The van der Waals surface area contributed by atoms with Gasteiger partial charge in [0.2, 0.25) is 0 Å². The molecule has 3 aliphatic heterocycles. The van der Waals surface area contributed by atoms with Gasteiger partial charge in [0, 0.05) is 42.9 Å². The normalized spacial score (nSPS) is 34.6. The number of carbonyl (C=O) groups is 1. The number of amides is 1. The van der Waals surface area contributed by atoms with Crippen molar-refractivity contribution in [1.82, 2.24) is 15.1 Å². The standard InChI is InChI=1S/C23H33N3O2/c1-16-5-8-18(16)9-6-17-7-12-21(24-13-17)25-14-19-10-11-20(15-25)26(19)22(27)28-23(2,3)4/h7,12-13,16,18-21,24H,5,8,10-11,14-15H2,1-4H3/t16?,18-,19?,20?,21?/m0/s1. The fourth-order valence-corrected chi connectivity index (χ4v) is 4.61. The quantitative estimate of drug-likeness (QED) is 0.704. The van der Waals surface area contributed by atoms with E-state index >= 15 is 0 Å². The van der Waals surface area contributed by atoms with Gasteiger partial charge in [0.15, 0.2) is 0 Å². The Morgan fingerprint density at radius 2 is 1.89 bits per heavy atom. The van der Waals surface area contributed by atoms with Crippen molar-refractivity contribution in [3.05, 3.63) is 23.9 Å². The van der Waals surface area contributed by atoms with Crippen LogP contribution in [-0.2, 0) is 4.74 Å². The Morgan fingerprint density at radius 1 is 1.18 bits per heavy atom. The van der Waals surface area contributed by atoms with Crippen molar-refractivity contribution < 1.29 is 9.53 Å². The van der Waals surface area contributed by atoms with Gasteiger partial charge < -0.3 is 10.1 Å². The molecule has 0 aromatic heterocycles. The van der Waals surface area contributed by atoms with Crippen molar-refractivity contribution in [2.45, 2.75) is 77.2 Å². The molecule has 152 valence electrons. The molecule has 5 heteroatoms. The molecule has 4 unspecified atom stereocenters. The van der Waals surface area contributed by atoms with Crippen molar-refractivity contribution in [1.29, 1.82) is 0 Å². The number of ether oxygens (including phenoxy) is 1. The molecule has 0 aromatic rings. The fourth-order valence-electron chi connectivity index (χ4n) is 4.61. The van der Waals surface area contributed by atoms with Crippen molar-refractivity contribution in [3.8, 4) is 11.8 Å². The van der Waals surface area contributed by atoms with Crippen molar-refractivity contribution in [2.75, 3.05) is 13.1 Å². The molecule has 4 rings (SSSR count). The molecule has 5 atom stereocenters. The number of carbonyl (C=O) groups excluding carboxylic acids is 1. The number of allylic oxidation sites excluding steroid dienone is 2. The zero-order valence-electron chi connectivity index (χ0n) is 17.6. The molecule has 1 amide bonds. The highest BCUT2D eigenvalue weighted by Crippen LogP contribution is 2.34. The summed E-state index contributed by atoms with van der Waals surface area (Å²) < 4.78 is 5.63. The van der Waals surface area contributed by atoms with Gasteiger partial charge >= 0.3 is 6.09 Å². The minimum absolute atomic E-state index is 0.158. The maximum absolute atomic E-state index is 12.6. The average Bonchev–Trinajstić information content (AvgIpc) is 2.90. The zero-order valence-corrected chi connectivity index (χ0v) is 17.6. The Morgan fingerprint density at radius 3 is 2.39 bits per heavy atom. The zero-order chi connectivity index (χ0) is 19.9. The summed E-state index contributed by atoms with van der Waals surface area (Å²) in [5.74, 6) is 8.06. The third-order valence-corrected chi connectivity index (χ3v) is 6.40. The SMILES string of the molecule is CC1CC[C@H]1C#CC1=CNC(N2CC3CCC(C2)N3C(=O)OC(C)(C)C)C=C1. The van der Waals surface area contributed by atoms with E-state index < -0.39 is 5.60 Å². The summed E-state index contributed by atoms with van der Waals surface area (Å²) in [5, 5.41) is 3.50. The third-order valence-electron chi connectivity index (χ3n) is 6.40.